The van der Waals surface area contributed by atoms with Crippen LogP contribution in [0.3, 0.4) is 0 Å². The number of hydrogen-bond acceptors (Lipinski definition) is 7. The Kier molecular flexibility index (Phi) is 14.0. The molecule has 0 aliphatic carbocycles. The topological polar surface area (TPSA) is 177 Å². The number of rotatable bonds is 16. The Morgan fingerprint density at radius 1 is 0.971 bits per heavy atom. The van der Waals surface area contributed by atoms with Crippen molar-refractivity contribution < 1.29 is 24.3 Å². The highest BCUT2D eigenvalue weighted by molar-refractivity contribution is 7.80. The van der Waals surface area contributed by atoms with E-state index >= 15 is 0 Å². The summed E-state index contributed by atoms with van der Waals surface area (Å²) in [5.74, 6) is -3.18. The fourth-order valence-corrected chi connectivity index (χ4v) is 3.64. The first-order valence-electron chi connectivity index (χ1n) is 11.9. The van der Waals surface area contributed by atoms with E-state index in [0.717, 1.165) is 12.0 Å². The largest absolute Gasteiger partial charge is 0.480 e. The van der Waals surface area contributed by atoms with Gasteiger partial charge < -0.3 is 32.5 Å². The number of nitrogens with one attached hydrogen (secondary N) is 3. The normalized spacial score (nSPS) is 15.2. The number of hydrogen-bond donors (Lipinski definition) is 7. The Balaban J connectivity index is 2.86. The van der Waals surface area contributed by atoms with Crippen molar-refractivity contribution >= 4 is 36.3 Å². The zero-order chi connectivity index (χ0) is 26.4. The summed E-state index contributed by atoms with van der Waals surface area (Å²) >= 11 is 4.16. The molecule has 10 nitrogen and oxygen atoms in total. The summed E-state index contributed by atoms with van der Waals surface area (Å²) in [6, 6.07) is 4.97. The molecule has 0 aromatic heterocycles. The fraction of sp³-hybridized carbons (Fsp3) is 0.583. The second kappa shape index (κ2) is 16.1. The molecule has 0 fully saturated rings. The third-order valence-corrected chi connectivity index (χ3v) is 6.18. The summed E-state index contributed by atoms with van der Waals surface area (Å²) in [6.45, 7) is 4.14. The Morgan fingerprint density at radius 3 is 2.14 bits per heavy atom. The minimum atomic E-state index is -1.18. The van der Waals surface area contributed by atoms with Gasteiger partial charge in [0.25, 0.3) is 0 Å². The third kappa shape index (κ3) is 10.7. The van der Waals surface area contributed by atoms with Gasteiger partial charge in [0.2, 0.25) is 17.7 Å². The van der Waals surface area contributed by atoms with Gasteiger partial charge in [0.05, 0.1) is 6.04 Å². The molecule has 0 bridgehead atoms. The van der Waals surface area contributed by atoms with Gasteiger partial charge in [-0.05, 0) is 30.9 Å². The lowest BCUT2D eigenvalue weighted by Crippen LogP contribution is -2.59. The number of amides is 3. The van der Waals surface area contributed by atoms with Gasteiger partial charge in [0.1, 0.15) is 18.1 Å². The molecule has 196 valence electrons. The maximum Gasteiger partial charge on any atom is 0.326 e. The first-order valence-corrected chi connectivity index (χ1v) is 12.5. The van der Waals surface area contributed by atoms with Gasteiger partial charge in [-0.25, -0.2) is 4.79 Å². The first-order chi connectivity index (χ1) is 16.6. The van der Waals surface area contributed by atoms with Crippen LogP contribution in [0.4, 0.5) is 0 Å². The molecule has 3 amide bonds. The van der Waals surface area contributed by atoms with Crippen molar-refractivity contribution in [3.05, 3.63) is 35.9 Å². The fourth-order valence-electron chi connectivity index (χ4n) is 3.38. The minimum absolute atomic E-state index is 0.00625. The monoisotopic (exact) mass is 509 g/mol. The van der Waals surface area contributed by atoms with E-state index < -0.39 is 47.9 Å². The molecule has 1 aromatic rings. The van der Waals surface area contributed by atoms with Crippen LogP contribution in [0.1, 0.15) is 45.1 Å². The number of nitrogens with two attached hydrogens (primary N) is 2. The van der Waals surface area contributed by atoms with Crippen molar-refractivity contribution in [2.75, 3.05) is 12.3 Å². The highest BCUT2D eigenvalue weighted by Gasteiger charge is 2.32. The summed E-state index contributed by atoms with van der Waals surface area (Å²) in [7, 11) is 0. The summed E-state index contributed by atoms with van der Waals surface area (Å²) in [4.78, 5) is 50.1. The first kappa shape index (κ1) is 30.4. The van der Waals surface area contributed by atoms with Gasteiger partial charge in [0, 0.05) is 12.2 Å². The number of carboxylic acids is 1. The lowest BCUT2D eigenvalue weighted by molar-refractivity contribution is -0.142. The van der Waals surface area contributed by atoms with E-state index in [1.807, 2.05) is 13.0 Å². The van der Waals surface area contributed by atoms with Crippen LogP contribution in [0, 0.1) is 5.92 Å². The number of unbranched alkanes of at least 4 members (excludes halogenated alkanes) is 1. The SMILES string of the molecule is CCC(C)C(NC(=O)C(CS)NC(=O)C(N)CCCCN)C(=O)NC(Cc1ccccc1)C(=O)O. The van der Waals surface area contributed by atoms with Crippen LogP contribution in [0.25, 0.3) is 0 Å². The molecular weight excluding hydrogens is 470 g/mol. The highest BCUT2D eigenvalue weighted by atomic mass is 32.1. The smallest absolute Gasteiger partial charge is 0.326 e. The van der Waals surface area contributed by atoms with E-state index in [4.69, 9.17) is 11.5 Å². The van der Waals surface area contributed by atoms with Crippen molar-refractivity contribution in [2.24, 2.45) is 17.4 Å². The maximum atomic E-state index is 13.0. The highest BCUT2D eigenvalue weighted by Crippen LogP contribution is 2.11. The van der Waals surface area contributed by atoms with Crippen LogP contribution in [0.15, 0.2) is 30.3 Å². The lowest BCUT2D eigenvalue weighted by atomic mass is 9.97. The van der Waals surface area contributed by atoms with Crippen molar-refractivity contribution in [1.29, 1.82) is 0 Å². The molecule has 5 unspecified atom stereocenters. The third-order valence-electron chi connectivity index (χ3n) is 5.81. The molecule has 0 saturated carbocycles. The molecule has 5 atom stereocenters. The zero-order valence-corrected chi connectivity index (χ0v) is 21.3. The molecule has 1 rings (SSSR count). The number of carbonyl (C=O) groups is 4. The molecular formula is C24H39N5O5S. The van der Waals surface area contributed by atoms with Crippen molar-refractivity contribution in [3.8, 4) is 0 Å². The molecule has 8 N–H and O–H groups in total. The van der Waals surface area contributed by atoms with Crippen molar-refractivity contribution in [2.45, 2.75) is 70.1 Å². The second-order valence-corrected chi connectivity index (χ2v) is 8.96. The number of thiol groups is 1. The van der Waals surface area contributed by atoms with E-state index in [0.29, 0.717) is 25.8 Å². The van der Waals surface area contributed by atoms with Gasteiger partial charge in [-0.15, -0.1) is 0 Å². The van der Waals surface area contributed by atoms with Crippen LogP contribution in [0.5, 0.6) is 0 Å². The van der Waals surface area contributed by atoms with Gasteiger partial charge >= 0.3 is 5.97 Å². The molecule has 0 aliphatic heterocycles. The van der Waals surface area contributed by atoms with Gasteiger partial charge in [-0.1, -0.05) is 57.0 Å². The van der Waals surface area contributed by atoms with E-state index in [-0.39, 0.29) is 18.1 Å². The predicted octanol–water partition coefficient (Wildman–Crippen LogP) is 0.200. The van der Waals surface area contributed by atoms with Crippen molar-refractivity contribution in [1.82, 2.24) is 16.0 Å². The van der Waals surface area contributed by atoms with E-state index in [1.165, 1.54) is 0 Å². The predicted molar refractivity (Wildman–Crippen MR) is 138 cm³/mol. The molecule has 0 heterocycles. The Hall–Kier alpha value is -2.63. The van der Waals surface area contributed by atoms with E-state index in [2.05, 4.69) is 28.6 Å². The van der Waals surface area contributed by atoms with Crippen LogP contribution < -0.4 is 27.4 Å². The van der Waals surface area contributed by atoms with Crippen LogP contribution in [-0.2, 0) is 25.6 Å². The van der Waals surface area contributed by atoms with Crippen LogP contribution >= 0.6 is 12.6 Å². The molecule has 35 heavy (non-hydrogen) atoms. The molecule has 1 aromatic carbocycles. The van der Waals surface area contributed by atoms with Gasteiger partial charge in [0.15, 0.2) is 0 Å². The Morgan fingerprint density at radius 2 is 1.60 bits per heavy atom. The minimum Gasteiger partial charge on any atom is -0.480 e. The molecule has 11 heteroatoms. The lowest BCUT2D eigenvalue weighted by Gasteiger charge is -2.27. The second-order valence-electron chi connectivity index (χ2n) is 8.60. The Labute approximate surface area is 212 Å². The molecule has 0 radical (unpaired) electrons. The van der Waals surface area contributed by atoms with Crippen LogP contribution in [0.2, 0.25) is 0 Å². The Bertz CT molecular complexity index is 826. The molecule has 0 aliphatic rings. The number of aliphatic carboxylic acids is 1. The van der Waals surface area contributed by atoms with Crippen molar-refractivity contribution in [3.63, 3.8) is 0 Å². The van der Waals surface area contributed by atoms with Gasteiger partial charge in [-0.2, -0.15) is 12.6 Å². The van der Waals surface area contributed by atoms with E-state index in [1.54, 1.807) is 31.2 Å². The number of benzene rings is 1. The average Bonchev–Trinajstić information content (AvgIpc) is 2.85. The summed E-state index contributed by atoms with van der Waals surface area (Å²) in [5, 5.41) is 17.4. The summed E-state index contributed by atoms with van der Waals surface area (Å²) < 4.78 is 0. The zero-order valence-electron chi connectivity index (χ0n) is 20.4. The van der Waals surface area contributed by atoms with Gasteiger partial charge in [-0.3, -0.25) is 14.4 Å². The summed E-state index contributed by atoms with van der Waals surface area (Å²) in [6.07, 6.45) is 2.51. The maximum absolute atomic E-state index is 13.0. The average molecular weight is 510 g/mol. The standard InChI is InChI=1S/C24H39N5O5S/c1-3-15(2)20(23(32)27-18(24(33)34)13-16-9-5-4-6-10-16)29-22(31)19(14-35)28-21(30)17(26)11-7-8-12-25/h4-6,9-10,15,17-20,35H,3,7-8,11-14,25-26H2,1-2H3,(H,27,32)(H,28,30)(H,29,31)(H,33,34). The quantitative estimate of drug-likeness (QED) is 0.123. The molecule has 0 saturated heterocycles. The number of carbonyl (C=O) groups excluding carboxylic acids is 3. The van der Waals surface area contributed by atoms with Crippen LogP contribution in [-0.4, -0.2) is 65.3 Å². The molecule has 0 spiro atoms. The van der Waals surface area contributed by atoms with E-state index in [9.17, 15) is 24.3 Å². The number of carboxylic acid groups (broad SMARTS) is 1. The summed E-state index contributed by atoms with van der Waals surface area (Å²) in [5.41, 5.74) is 12.1.